The number of hydrogen-bond acceptors (Lipinski definition) is 4. The van der Waals surface area contributed by atoms with Crippen molar-refractivity contribution in [2.24, 2.45) is 0 Å². The Morgan fingerprint density at radius 2 is 1.55 bits per heavy atom. The summed E-state index contributed by atoms with van der Waals surface area (Å²) in [5.41, 5.74) is 4.05. The number of anilines is 1. The van der Waals surface area contributed by atoms with E-state index in [9.17, 15) is 18.0 Å². The number of nitrogens with one attached hydrogen (secondary N) is 1. The molecule has 0 aliphatic rings. The fourth-order valence-electron chi connectivity index (χ4n) is 4.30. The Kier molecular flexibility index (Phi) is 9.69. The lowest BCUT2D eigenvalue weighted by Crippen LogP contribution is -2.54. The van der Waals surface area contributed by atoms with Crippen LogP contribution in [-0.4, -0.2) is 50.0 Å². The summed E-state index contributed by atoms with van der Waals surface area (Å²) in [6, 6.07) is 23.2. The highest BCUT2D eigenvalue weighted by molar-refractivity contribution is 7.92. The van der Waals surface area contributed by atoms with Gasteiger partial charge >= 0.3 is 0 Å². The Bertz CT molecular complexity index is 1360. The predicted molar refractivity (Wildman–Crippen MR) is 152 cm³/mol. The number of sulfonamides is 1. The van der Waals surface area contributed by atoms with E-state index < -0.39 is 28.5 Å². The Hall–Kier alpha value is -3.65. The van der Waals surface area contributed by atoms with Gasteiger partial charge in [-0.15, -0.1) is 0 Å². The second-order valence-corrected chi connectivity index (χ2v) is 11.8. The van der Waals surface area contributed by atoms with Crippen LogP contribution in [0.5, 0.6) is 0 Å². The summed E-state index contributed by atoms with van der Waals surface area (Å²) in [6.07, 6.45) is 1.38. The van der Waals surface area contributed by atoms with E-state index >= 15 is 0 Å². The third kappa shape index (κ3) is 7.92. The third-order valence-electron chi connectivity index (χ3n) is 6.27. The maximum Gasteiger partial charge on any atom is 0.244 e. The average molecular weight is 536 g/mol. The van der Waals surface area contributed by atoms with E-state index in [1.54, 1.807) is 18.2 Å². The summed E-state index contributed by atoms with van der Waals surface area (Å²) in [7, 11) is -3.78. The first-order chi connectivity index (χ1) is 18.0. The first kappa shape index (κ1) is 28.9. The Morgan fingerprint density at radius 3 is 2.16 bits per heavy atom. The molecule has 0 aromatic heterocycles. The highest BCUT2D eigenvalue weighted by Gasteiger charge is 2.33. The van der Waals surface area contributed by atoms with E-state index in [4.69, 9.17) is 0 Å². The maximum absolute atomic E-state index is 14.0. The van der Waals surface area contributed by atoms with Gasteiger partial charge in [-0.25, -0.2) is 8.42 Å². The van der Waals surface area contributed by atoms with Crippen LogP contribution >= 0.6 is 0 Å². The molecule has 3 rings (SSSR count). The molecular weight excluding hydrogens is 498 g/mol. The monoisotopic (exact) mass is 535 g/mol. The van der Waals surface area contributed by atoms with Crippen LogP contribution < -0.4 is 9.62 Å². The highest BCUT2D eigenvalue weighted by atomic mass is 32.2. The molecule has 0 spiro atoms. The molecule has 1 N–H and O–H groups in total. The second-order valence-electron chi connectivity index (χ2n) is 9.93. The fraction of sp³-hybridized carbons (Fsp3) is 0.333. The van der Waals surface area contributed by atoms with Gasteiger partial charge in [-0.3, -0.25) is 13.9 Å². The normalized spacial score (nSPS) is 12.2. The van der Waals surface area contributed by atoms with Gasteiger partial charge in [-0.2, -0.15) is 0 Å². The number of amides is 2. The van der Waals surface area contributed by atoms with Gasteiger partial charge in [0.05, 0.1) is 11.9 Å². The first-order valence-corrected chi connectivity index (χ1v) is 14.5. The lowest BCUT2D eigenvalue weighted by molar-refractivity contribution is -0.140. The summed E-state index contributed by atoms with van der Waals surface area (Å²) in [5.74, 6) is -0.743. The van der Waals surface area contributed by atoms with Crippen LogP contribution in [0.1, 0.15) is 36.1 Å². The van der Waals surface area contributed by atoms with Crippen molar-refractivity contribution >= 4 is 27.5 Å². The Morgan fingerprint density at radius 1 is 0.895 bits per heavy atom. The first-order valence-electron chi connectivity index (χ1n) is 12.7. The molecule has 2 amide bonds. The van der Waals surface area contributed by atoms with Crippen LogP contribution in [0.15, 0.2) is 78.9 Å². The SMILES string of the molecule is Cc1cccc(N(CC(=O)N(Cc2ccccc2C)[C@@H](Cc2ccccc2)C(=O)NC(C)C)S(C)(=O)=O)c1. The minimum Gasteiger partial charge on any atom is -0.352 e. The molecule has 0 heterocycles. The summed E-state index contributed by atoms with van der Waals surface area (Å²) in [5, 5.41) is 2.96. The predicted octanol–water partition coefficient (Wildman–Crippen LogP) is 4.23. The number of nitrogens with zero attached hydrogens (tertiary/aromatic N) is 2. The summed E-state index contributed by atoms with van der Waals surface area (Å²) >= 11 is 0. The lowest BCUT2D eigenvalue weighted by Gasteiger charge is -2.34. The van der Waals surface area contributed by atoms with Crippen LogP contribution in [0.2, 0.25) is 0 Å². The van der Waals surface area contributed by atoms with E-state index in [-0.39, 0.29) is 18.5 Å². The van der Waals surface area contributed by atoms with Crippen LogP contribution in [0.4, 0.5) is 5.69 Å². The highest BCUT2D eigenvalue weighted by Crippen LogP contribution is 2.22. The van der Waals surface area contributed by atoms with Crippen molar-refractivity contribution in [2.45, 2.75) is 52.7 Å². The van der Waals surface area contributed by atoms with Crippen molar-refractivity contribution in [3.63, 3.8) is 0 Å². The molecule has 202 valence electrons. The maximum atomic E-state index is 14.0. The number of hydrogen-bond donors (Lipinski definition) is 1. The van der Waals surface area contributed by atoms with Crippen LogP contribution in [0.25, 0.3) is 0 Å². The Balaban J connectivity index is 2.07. The molecule has 8 heteroatoms. The van der Waals surface area contributed by atoms with E-state index in [2.05, 4.69) is 5.32 Å². The summed E-state index contributed by atoms with van der Waals surface area (Å²) in [6.45, 7) is 7.30. The van der Waals surface area contributed by atoms with Gasteiger partial charge in [-0.1, -0.05) is 66.7 Å². The molecule has 0 aliphatic heterocycles. The van der Waals surface area contributed by atoms with E-state index in [0.29, 0.717) is 12.1 Å². The van der Waals surface area contributed by atoms with Gasteiger partial charge in [0.2, 0.25) is 21.8 Å². The molecular formula is C30H37N3O4S. The second kappa shape index (κ2) is 12.7. The van der Waals surface area contributed by atoms with Crippen molar-refractivity contribution in [3.05, 3.63) is 101 Å². The topological polar surface area (TPSA) is 86.8 Å². The molecule has 0 aliphatic carbocycles. The van der Waals surface area contributed by atoms with Crippen molar-refractivity contribution in [2.75, 3.05) is 17.1 Å². The lowest BCUT2D eigenvalue weighted by atomic mass is 10.0. The number of aryl methyl sites for hydroxylation is 2. The van der Waals surface area contributed by atoms with Gasteiger partial charge in [0.15, 0.2) is 0 Å². The molecule has 7 nitrogen and oxygen atoms in total. The van der Waals surface area contributed by atoms with Gasteiger partial charge < -0.3 is 10.2 Å². The van der Waals surface area contributed by atoms with Crippen molar-refractivity contribution < 1.29 is 18.0 Å². The molecule has 0 unspecified atom stereocenters. The molecule has 3 aromatic carbocycles. The van der Waals surface area contributed by atoms with E-state index in [1.165, 1.54) is 4.90 Å². The summed E-state index contributed by atoms with van der Waals surface area (Å²) in [4.78, 5) is 29.1. The zero-order chi connectivity index (χ0) is 27.9. The van der Waals surface area contributed by atoms with Crippen molar-refractivity contribution in [3.8, 4) is 0 Å². The van der Waals surface area contributed by atoms with Crippen LogP contribution in [0.3, 0.4) is 0 Å². The molecule has 38 heavy (non-hydrogen) atoms. The van der Waals surface area contributed by atoms with Crippen LogP contribution in [-0.2, 0) is 32.6 Å². The minimum absolute atomic E-state index is 0.129. The van der Waals surface area contributed by atoms with E-state index in [1.807, 2.05) is 88.4 Å². The van der Waals surface area contributed by atoms with Gasteiger partial charge in [-0.05, 0) is 62.1 Å². The molecule has 0 saturated carbocycles. The van der Waals surface area contributed by atoms with Gasteiger partial charge in [0.1, 0.15) is 12.6 Å². The summed E-state index contributed by atoms with van der Waals surface area (Å²) < 4.78 is 26.8. The number of carbonyl (C=O) groups excluding carboxylic acids is 2. The molecule has 0 bridgehead atoms. The molecule has 3 aromatic rings. The van der Waals surface area contributed by atoms with Gasteiger partial charge in [0, 0.05) is 19.0 Å². The largest absolute Gasteiger partial charge is 0.352 e. The number of carbonyl (C=O) groups is 2. The molecule has 0 fully saturated rings. The molecule has 0 radical (unpaired) electrons. The molecule has 1 atom stereocenters. The van der Waals surface area contributed by atoms with Gasteiger partial charge in [0.25, 0.3) is 0 Å². The van der Waals surface area contributed by atoms with Crippen molar-refractivity contribution in [1.82, 2.24) is 10.2 Å². The average Bonchev–Trinajstić information content (AvgIpc) is 2.85. The standard InChI is InChI=1S/C30H37N3O4S/c1-22(2)31-30(35)28(19-25-14-7-6-8-15-25)32(20-26-16-10-9-13-24(26)4)29(34)21-33(38(5,36)37)27-17-11-12-23(3)18-27/h6-18,22,28H,19-21H2,1-5H3,(H,31,35)/t28-/m0/s1. The number of benzene rings is 3. The molecule has 0 saturated heterocycles. The van der Waals surface area contributed by atoms with Crippen LogP contribution in [0, 0.1) is 13.8 Å². The van der Waals surface area contributed by atoms with E-state index in [0.717, 1.165) is 32.8 Å². The third-order valence-corrected chi connectivity index (χ3v) is 7.41. The van der Waals surface area contributed by atoms with Crippen molar-refractivity contribution in [1.29, 1.82) is 0 Å². The fourth-order valence-corrected chi connectivity index (χ4v) is 5.14. The zero-order valence-corrected chi connectivity index (χ0v) is 23.5. The Labute approximate surface area is 226 Å². The minimum atomic E-state index is -3.78. The number of rotatable bonds is 11. The zero-order valence-electron chi connectivity index (χ0n) is 22.7. The quantitative estimate of drug-likeness (QED) is 0.398. The smallest absolute Gasteiger partial charge is 0.244 e.